The lowest BCUT2D eigenvalue weighted by atomic mass is 10.1. The van der Waals surface area contributed by atoms with Crippen molar-refractivity contribution in [3.63, 3.8) is 0 Å². The Bertz CT molecular complexity index is 1480. The van der Waals surface area contributed by atoms with E-state index in [1.165, 1.54) is 4.88 Å². The summed E-state index contributed by atoms with van der Waals surface area (Å²) in [5.41, 5.74) is 3.95. The van der Waals surface area contributed by atoms with Gasteiger partial charge in [0, 0.05) is 41.0 Å². The van der Waals surface area contributed by atoms with Gasteiger partial charge in [0.1, 0.15) is 28.5 Å². The molecule has 0 unspecified atom stereocenters. The van der Waals surface area contributed by atoms with Gasteiger partial charge in [0.15, 0.2) is 0 Å². The molecule has 0 spiro atoms. The summed E-state index contributed by atoms with van der Waals surface area (Å²) in [5.74, 6) is 2.23. The van der Waals surface area contributed by atoms with Crippen LogP contribution in [0, 0.1) is 13.8 Å². The van der Waals surface area contributed by atoms with Gasteiger partial charge in [-0.3, -0.25) is 9.78 Å². The first kappa shape index (κ1) is 24.9. The summed E-state index contributed by atoms with van der Waals surface area (Å²) in [7, 11) is 3.96. The van der Waals surface area contributed by atoms with Gasteiger partial charge in [-0.15, -0.1) is 11.3 Å². The molecule has 0 radical (unpaired) electrons. The van der Waals surface area contributed by atoms with Crippen LogP contribution < -0.4 is 10.1 Å². The minimum Gasteiger partial charge on any atom is -0.455 e. The molecule has 0 fully saturated rings. The number of likely N-dealkylation sites (N-methyl/N-ethyl adjacent to an activating group) is 1. The molecule has 9 heteroatoms. The summed E-state index contributed by atoms with van der Waals surface area (Å²) in [5, 5.41) is 4.45. The molecule has 0 aliphatic carbocycles. The lowest BCUT2D eigenvalue weighted by Gasteiger charge is -2.20. The molecule has 5 rings (SSSR count). The number of ether oxygens (including phenoxy) is 1. The van der Waals surface area contributed by atoms with Crippen LogP contribution in [-0.2, 0) is 11.3 Å². The summed E-state index contributed by atoms with van der Waals surface area (Å²) in [6.07, 6.45) is 6.89. The lowest BCUT2D eigenvalue weighted by Crippen LogP contribution is -2.26. The van der Waals surface area contributed by atoms with E-state index in [-0.39, 0.29) is 11.9 Å². The highest BCUT2D eigenvalue weighted by molar-refractivity contribution is 7.19. The Morgan fingerprint density at radius 3 is 2.78 bits per heavy atom. The Labute approximate surface area is 220 Å². The molecule has 190 valence electrons. The second-order valence-electron chi connectivity index (χ2n) is 9.50. The van der Waals surface area contributed by atoms with Crippen molar-refractivity contribution < 1.29 is 9.53 Å². The number of nitrogens with zero attached hydrogens (tertiary/aromatic N) is 5. The van der Waals surface area contributed by atoms with E-state index in [1.807, 2.05) is 74.2 Å². The Kier molecular flexibility index (Phi) is 6.90. The summed E-state index contributed by atoms with van der Waals surface area (Å²) in [4.78, 5) is 32.3. The molecule has 1 aliphatic rings. The number of hydrogen-bond donors (Lipinski definition) is 1. The van der Waals surface area contributed by atoms with Crippen LogP contribution in [0.1, 0.15) is 34.7 Å². The summed E-state index contributed by atoms with van der Waals surface area (Å²) in [6.45, 7) is 7.30. The molecular formula is C28H30N6O2S. The number of fused-ring (bicyclic) bond motifs is 3. The summed E-state index contributed by atoms with van der Waals surface area (Å²) >= 11 is 1.63. The number of thiophene rings is 1. The van der Waals surface area contributed by atoms with Crippen LogP contribution in [0.15, 0.2) is 55.0 Å². The van der Waals surface area contributed by atoms with E-state index < -0.39 is 0 Å². The van der Waals surface area contributed by atoms with E-state index in [9.17, 15) is 4.79 Å². The Balaban J connectivity index is 1.38. The molecule has 4 aromatic rings. The van der Waals surface area contributed by atoms with Crippen LogP contribution in [0.2, 0.25) is 0 Å². The number of carbonyl (C=O) groups is 1. The van der Waals surface area contributed by atoms with E-state index in [0.29, 0.717) is 12.3 Å². The minimum atomic E-state index is -0.00602. The highest BCUT2D eigenvalue weighted by Crippen LogP contribution is 2.45. The second-order valence-corrected chi connectivity index (χ2v) is 10.5. The maximum absolute atomic E-state index is 12.9. The zero-order valence-corrected chi connectivity index (χ0v) is 22.5. The first-order chi connectivity index (χ1) is 17.8. The monoisotopic (exact) mass is 514 g/mol. The van der Waals surface area contributed by atoms with E-state index in [0.717, 1.165) is 50.8 Å². The molecule has 37 heavy (non-hydrogen) atoms. The van der Waals surface area contributed by atoms with Crippen molar-refractivity contribution in [1.82, 2.24) is 24.8 Å². The number of nitrogens with one attached hydrogen (secondary N) is 1. The van der Waals surface area contributed by atoms with Crippen molar-refractivity contribution in [2.24, 2.45) is 0 Å². The number of carbonyl (C=O) groups excluding carboxylic acids is 1. The quantitative estimate of drug-likeness (QED) is 0.314. The van der Waals surface area contributed by atoms with Crippen LogP contribution in [0.4, 0.5) is 11.5 Å². The number of amides is 1. The highest BCUT2D eigenvalue weighted by Gasteiger charge is 2.34. The molecule has 1 aliphatic heterocycles. The number of aromatic nitrogens is 3. The van der Waals surface area contributed by atoms with Crippen LogP contribution in [-0.4, -0.2) is 51.3 Å². The van der Waals surface area contributed by atoms with E-state index in [1.54, 1.807) is 29.9 Å². The number of hydrogen-bond acceptors (Lipinski definition) is 8. The lowest BCUT2D eigenvalue weighted by molar-refractivity contribution is -0.127. The number of aryl methyl sites for hydroxylation is 2. The van der Waals surface area contributed by atoms with Gasteiger partial charge in [-0.05, 0) is 70.8 Å². The Hall–Kier alpha value is -3.82. The maximum atomic E-state index is 12.9. The van der Waals surface area contributed by atoms with E-state index >= 15 is 0 Å². The van der Waals surface area contributed by atoms with Crippen LogP contribution >= 0.6 is 11.3 Å². The maximum Gasteiger partial charge on any atom is 0.247 e. The number of pyridine rings is 1. The van der Waals surface area contributed by atoms with Crippen molar-refractivity contribution in [2.45, 2.75) is 33.4 Å². The van der Waals surface area contributed by atoms with E-state index in [2.05, 4.69) is 27.2 Å². The third kappa shape index (κ3) is 5.19. The van der Waals surface area contributed by atoms with Crippen LogP contribution in [0.25, 0.3) is 10.2 Å². The summed E-state index contributed by atoms with van der Waals surface area (Å²) in [6, 6.07) is 9.78. The third-order valence-electron chi connectivity index (χ3n) is 6.36. The van der Waals surface area contributed by atoms with Crippen molar-refractivity contribution in [1.29, 1.82) is 0 Å². The zero-order chi connectivity index (χ0) is 26.1. The second kappa shape index (κ2) is 10.3. The molecule has 0 saturated heterocycles. The molecule has 1 atom stereocenters. The van der Waals surface area contributed by atoms with Gasteiger partial charge in [-0.2, -0.15) is 0 Å². The number of benzene rings is 1. The number of anilines is 2. The predicted octanol–water partition coefficient (Wildman–Crippen LogP) is 5.76. The minimum absolute atomic E-state index is 0.00602. The first-order valence-electron chi connectivity index (χ1n) is 12.2. The number of rotatable bonds is 7. The van der Waals surface area contributed by atoms with Crippen LogP contribution in [0.5, 0.6) is 11.5 Å². The molecule has 4 heterocycles. The molecule has 1 aromatic carbocycles. The Morgan fingerprint density at radius 1 is 1.22 bits per heavy atom. The molecular weight excluding hydrogens is 484 g/mol. The third-order valence-corrected chi connectivity index (χ3v) is 7.67. The van der Waals surface area contributed by atoms with Gasteiger partial charge in [0.25, 0.3) is 0 Å². The first-order valence-corrected chi connectivity index (χ1v) is 13.0. The van der Waals surface area contributed by atoms with Crippen molar-refractivity contribution >= 4 is 39.0 Å². The normalized spacial score (nSPS) is 15.1. The molecule has 1 amide bonds. The topological polar surface area (TPSA) is 83.5 Å². The zero-order valence-electron chi connectivity index (χ0n) is 21.6. The van der Waals surface area contributed by atoms with Gasteiger partial charge in [-0.25, -0.2) is 9.97 Å². The fraction of sp³-hybridized carbons (Fsp3) is 0.286. The largest absolute Gasteiger partial charge is 0.455 e. The van der Waals surface area contributed by atoms with Gasteiger partial charge in [0.2, 0.25) is 5.91 Å². The average molecular weight is 515 g/mol. The fourth-order valence-electron chi connectivity index (χ4n) is 4.39. The average Bonchev–Trinajstić information content (AvgIpc) is 3.39. The summed E-state index contributed by atoms with van der Waals surface area (Å²) < 4.78 is 6.01. The molecule has 0 saturated carbocycles. The van der Waals surface area contributed by atoms with Crippen molar-refractivity contribution in [3.8, 4) is 11.5 Å². The van der Waals surface area contributed by atoms with Crippen molar-refractivity contribution in [2.75, 3.05) is 26.0 Å². The van der Waals surface area contributed by atoms with Crippen molar-refractivity contribution in [3.05, 3.63) is 76.7 Å². The predicted molar refractivity (Wildman–Crippen MR) is 148 cm³/mol. The van der Waals surface area contributed by atoms with E-state index in [4.69, 9.17) is 4.74 Å². The molecule has 3 aromatic heterocycles. The van der Waals surface area contributed by atoms with Gasteiger partial charge >= 0.3 is 0 Å². The standard InChI is InChI=1S/C28H30N6O2S/c1-17-13-20(9-11-23(17)36-21-10-8-18(2)29-14-21)32-27-25-22-15-34(24(35)7-6-12-33(4)5)19(3)26(22)37-28(25)31-16-30-27/h6-11,13-14,16,19H,12,15H2,1-5H3,(H,30,31,32)/t19-/m0/s1. The van der Waals surface area contributed by atoms with Gasteiger partial charge < -0.3 is 19.9 Å². The fourth-order valence-corrected chi connectivity index (χ4v) is 5.61. The Morgan fingerprint density at radius 2 is 2.05 bits per heavy atom. The molecule has 0 bridgehead atoms. The SMILES string of the molecule is Cc1ccc(Oc2ccc(Nc3ncnc4sc5c(c34)CN(C(=O)C=CCN(C)C)[C@H]5C)cc2C)cn1. The smallest absolute Gasteiger partial charge is 0.247 e. The molecule has 1 N–H and O–H groups in total. The molecule has 8 nitrogen and oxygen atoms in total. The van der Waals surface area contributed by atoms with Gasteiger partial charge in [0.05, 0.1) is 17.6 Å². The van der Waals surface area contributed by atoms with Gasteiger partial charge in [-0.1, -0.05) is 6.08 Å². The highest BCUT2D eigenvalue weighted by atomic mass is 32.1. The van der Waals surface area contributed by atoms with Crippen LogP contribution in [0.3, 0.4) is 0 Å².